The van der Waals surface area contributed by atoms with Crippen molar-refractivity contribution >= 4 is 11.6 Å². The second kappa shape index (κ2) is 4.11. The Morgan fingerprint density at radius 1 is 1.40 bits per heavy atom. The van der Waals surface area contributed by atoms with E-state index in [-0.39, 0.29) is 5.41 Å². The highest BCUT2D eigenvalue weighted by Gasteiger charge is 2.45. The van der Waals surface area contributed by atoms with Crippen LogP contribution in [0.4, 0.5) is 4.39 Å². The van der Waals surface area contributed by atoms with Gasteiger partial charge in [-0.3, -0.25) is 0 Å². The number of hydrogen-bond donors (Lipinski definition) is 1. The molecule has 0 saturated heterocycles. The average molecular weight is 228 g/mol. The number of halogens is 2. The SMILES string of the molecule is CNCC1(c2ccc(Cl)cc2)CC(F)C1. The Hall–Kier alpha value is -0.600. The van der Waals surface area contributed by atoms with Crippen molar-refractivity contribution < 1.29 is 4.39 Å². The van der Waals surface area contributed by atoms with Gasteiger partial charge in [0.05, 0.1) is 0 Å². The highest BCUT2D eigenvalue weighted by atomic mass is 35.5. The van der Waals surface area contributed by atoms with Crippen molar-refractivity contribution in [2.75, 3.05) is 13.6 Å². The minimum atomic E-state index is -0.644. The third-order valence-corrected chi connectivity index (χ3v) is 3.45. The molecule has 0 atom stereocenters. The molecular formula is C12H15ClFN. The van der Waals surface area contributed by atoms with Crippen molar-refractivity contribution in [2.45, 2.75) is 24.4 Å². The van der Waals surface area contributed by atoms with Gasteiger partial charge in [-0.2, -0.15) is 0 Å². The van der Waals surface area contributed by atoms with Crippen molar-refractivity contribution in [3.05, 3.63) is 34.9 Å². The fraction of sp³-hybridized carbons (Fsp3) is 0.500. The molecule has 0 aliphatic heterocycles. The van der Waals surface area contributed by atoms with Crippen LogP contribution in [0.15, 0.2) is 24.3 Å². The Labute approximate surface area is 94.6 Å². The number of hydrogen-bond acceptors (Lipinski definition) is 1. The molecule has 0 bridgehead atoms. The summed E-state index contributed by atoms with van der Waals surface area (Å²) in [4.78, 5) is 0. The van der Waals surface area contributed by atoms with Gasteiger partial charge < -0.3 is 5.32 Å². The summed E-state index contributed by atoms with van der Waals surface area (Å²) in [5.41, 5.74) is 1.17. The molecule has 0 radical (unpaired) electrons. The van der Waals surface area contributed by atoms with Crippen LogP contribution in [0.5, 0.6) is 0 Å². The van der Waals surface area contributed by atoms with E-state index in [1.54, 1.807) is 0 Å². The highest BCUT2D eigenvalue weighted by Crippen LogP contribution is 2.45. The van der Waals surface area contributed by atoms with Crippen LogP contribution in [0.25, 0.3) is 0 Å². The standard InChI is InChI=1S/C12H15ClFN/c1-15-8-12(6-11(14)7-12)9-2-4-10(13)5-3-9/h2-5,11,15H,6-8H2,1H3. The maximum absolute atomic E-state index is 13.0. The van der Waals surface area contributed by atoms with Gasteiger partial charge in [0.25, 0.3) is 0 Å². The molecule has 0 amide bonds. The predicted octanol–water partition coefficient (Wildman–Crippen LogP) is 2.93. The third-order valence-electron chi connectivity index (χ3n) is 3.20. The molecule has 1 aromatic rings. The molecule has 82 valence electrons. The van der Waals surface area contributed by atoms with E-state index in [9.17, 15) is 4.39 Å². The Morgan fingerprint density at radius 2 is 2.00 bits per heavy atom. The van der Waals surface area contributed by atoms with Gasteiger partial charge in [0.2, 0.25) is 0 Å². The van der Waals surface area contributed by atoms with E-state index >= 15 is 0 Å². The normalized spacial score (nSPS) is 29.9. The molecular weight excluding hydrogens is 213 g/mol. The summed E-state index contributed by atoms with van der Waals surface area (Å²) in [6.45, 7) is 0.828. The molecule has 1 aromatic carbocycles. The lowest BCUT2D eigenvalue weighted by atomic mass is 9.63. The number of likely N-dealkylation sites (N-methyl/N-ethyl adjacent to an activating group) is 1. The van der Waals surface area contributed by atoms with E-state index in [4.69, 9.17) is 11.6 Å². The van der Waals surface area contributed by atoms with Crippen LogP contribution in [0.2, 0.25) is 5.02 Å². The minimum Gasteiger partial charge on any atom is -0.319 e. The molecule has 1 N–H and O–H groups in total. The first-order valence-corrected chi connectivity index (χ1v) is 5.59. The molecule has 0 unspecified atom stereocenters. The van der Waals surface area contributed by atoms with Gasteiger partial charge >= 0.3 is 0 Å². The molecule has 1 aliphatic rings. The van der Waals surface area contributed by atoms with Crippen LogP contribution < -0.4 is 5.32 Å². The fourth-order valence-electron chi connectivity index (χ4n) is 2.41. The summed E-state index contributed by atoms with van der Waals surface area (Å²) in [6.07, 6.45) is 0.597. The second-order valence-corrected chi connectivity index (χ2v) is 4.76. The van der Waals surface area contributed by atoms with Gasteiger partial charge in [-0.1, -0.05) is 23.7 Å². The fourth-order valence-corrected chi connectivity index (χ4v) is 2.54. The van der Waals surface area contributed by atoms with Crippen molar-refractivity contribution in [3.8, 4) is 0 Å². The van der Waals surface area contributed by atoms with Gasteiger partial charge in [0, 0.05) is 17.0 Å². The highest BCUT2D eigenvalue weighted by molar-refractivity contribution is 6.30. The molecule has 1 saturated carbocycles. The van der Waals surface area contributed by atoms with Crippen LogP contribution in [0, 0.1) is 0 Å². The molecule has 1 nitrogen and oxygen atoms in total. The first-order valence-electron chi connectivity index (χ1n) is 5.21. The van der Waals surface area contributed by atoms with Crippen LogP contribution in [0.1, 0.15) is 18.4 Å². The van der Waals surface area contributed by atoms with Crippen LogP contribution in [0.3, 0.4) is 0 Å². The summed E-state index contributed by atoms with van der Waals surface area (Å²) in [6, 6.07) is 7.76. The number of alkyl halides is 1. The second-order valence-electron chi connectivity index (χ2n) is 4.32. The van der Waals surface area contributed by atoms with Gasteiger partial charge in [0.1, 0.15) is 6.17 Å². The Balaban J connectivity index is 2.22. The van der Waals surface area contributed by atoms with E-state index in [0.29, 0.717) is 12.8 Å². The van der Waals surface area contributed by atoms with E-state index in [2.05, 4.69) is 5.32 Å². The first-order chi connectivity index (χ1) is 7.16. The lowest BCUT2D eigenvalue weighted by molar-refractivity contribution is 0.0940. The summed E-state index contributed by atoms with van der Waals surface area (Å²) in [5, 5.41) is 3.88. The van der Waals surface area contributed by atoms with Crippen molar-refractivity contribution in [3.63, 3.8) is 0 Å². The van der Waals surface area contributed by atoms with Gasteiger partial charge in [-0.05, 0) is 37.6 Å². The van der Waals surface area contributed by atoms with E-state index < -0.39 is 6.17 Å². The topological polar surface area (TPSA) is 12.0 Å². The van der Waals surface area contributed by atoms with E-state index in [0.717, 1.165) is 11.6 Å². The van der Waals surface area contributed by atoms with Crippen molar-refractivity contribution in [1.82, 2.24) is 5.32 Å². The zero-order valence-electron chi connectivity index (χ0n) is 8.76. The third kappa shape index (κ3) is 2.01. The first kappa shape index (κ1) is 10.9. The molecule has 0 spiro atoms. The lowest BCUT2D eigenvalue weighted by Crippen LogP contribution is -2.49. The Morgan fingerprint density at radius 3 is 2.47 bits per heavy atom. The van der Waals surface area contributed by atoms with Gasteiger partial charge in [-0.15, -0.1) is 0 Å². The lowest BCUT2D eigenvalue weighted by Gasteiger charge is -2.44. The summed E-state index contributed by atoms with van der Waals surface area (Å²) >= 11 is 5.84. The maximum Gasteiger partial charge on any atom is 0.102 e. The number of nitrogens with one attached hydrogen (secondary N) is 1. The zero-order valence-corrected chi connectivity index (χ0v) is 9.52. The predicted molar refractivity (Wildman–Crippen MR) is 61.2 cm³/mol. The minimum absolute atomic E-state index is 0.0151. The van der Waals surface area contributed by atoms with Crippen molar-refractivity contribution in [2.24, 2.45) is 0 Å². The number of rotatable bonds is 3. The van der Waals surface area contributed by atoms with E-state index in [1.165, 1.54) is 5.56 Å². The maximum atomic E-state index is 13.0. The Kier molecular flexibility index (Phi) is 2.98. The molecule has 2 rings (SSSR count). The largest absolute Gasteiger partial charge is 0.319 e. The number of benzene rings is 1. The summed E-state index contributed by atoms with van der Waals surface area (Å²) in [5.74, 6) is 0. The van der Waals surface area contributed by atoms with E-state index in [1.807, 2.05) is 31.3 Å². The van der Waals surface area contributed by atoms with Crippen LogP contribution >= 0.6 is 11.6 Å². The van der Waals surface area contributed by atoms with Gasteiger partial charge in [-0.25, -0.2) is 4.39 Å². The molecule has 0 aromatic heterocycles. The molecule has 1 fully saturated rings. The average Bonchev–Trinajstić information content (AvgIpc) is 2.16. The molecule has 3 heteroatoms. The van der Waals surface area contributed by atoms with Crippen LogP contribution in [-0.2, 0) is 5.41 Å². The molecule has 15 heavy (non-hydrogen) atoms. The monoisotopic (exact) mass is 227 g/mol. The molecule has 0 heterocycles. The quantitative estimate of drug-likeness (QED) is 0.837. The zero-order chi connectivity index (χ0) is 10.9. The van der Waals surface area contributed by atoms with Crippen LogP contribution in [-0.4, -0.2) is 19.8 Å². The van der Waals surface area contributed by atoms with Gasteiger partial charge in [0.15, 0.2) is 0 Å². The Bertz CT molecular complexity index is 324. The summed E-state index contributed by atoms with van der Waals surface area (Å²) < 4.78 is 13.0. The van der Waals surface area contributed by atoms with Crippen molar-refractivity contribution in [1.29, 1.82) is 0 Å². The smallest absolute Gasteiger partial charge is 0.102 e. The summed E-state index contributed by atoms with van der Waals surface area (Å²) in [7, 11) is 1.91. The molecule has 1 aliphatic carbocycles.